The smallest absolute Gasteiger partial charge is 0.370 e. The summed E-state index contributed by atoms with van der Waals surface area (Å²) in [5, 5.41) is 3.56. The van der Waals surface area contributed by atoms with Crippen LogP contribution in [-0.4, -0.2) is 31.5 Å². The fourth-order valence-electron chi connectivity index (χ4n) is 2.03. The van der Waals surface area contributed by atoms with Gasteiger partial charge in [-0.2, -0.15) is 5.10 Å². The SMILES string of the molecule is CCCCOCC(CC)c1cccc(NN=C(Cl)C(=O)OC)c1. The van der Waals surface area contributed by atoms with E-state index >= 15 is 0 Å². The number of ether oxygens (including phenoxy) is 2. The lowest BCUT2D eigenvalue weighted by Crippen LogP contribution is -2.11. The molecule has 0 aliphatic heterocycles. The monoisotopic (exact) mass is 340 g/mol. The molecule has 0 aromatic heterocycles. The van der Waals surface area contributed by atoms with Gasteiger partial charge in [-0.3, -0.25) is 5.43 Å². The minimum atomic E-state index is -0.675. The molecule has 0 spiro atoms. The first-order valence-electron chi connectivity index (χ1n) is 7.87. The normalized spacial score (nSPS) is 12.8. The lowest BCUT2D eigenvalue weighted by molar-refractivity contribution is -0.132. The highest BCUT2D eigenvalue weighted by Crippen LogP contribution is 2.23. The minimum absolute atomic E-state index is 0.243. The summed E-state index contributed by atoms with van der Waals surface area (Å²) in [5.41, 5.74) is 4.70. The highest BCUT2D eigenvalue weighted by molar-refractivity contribution is 6.82. The molecule has 1 atom stereocenters. The number of esters is 1. The minimum Gasteiger partial charge on any atom is -0.464 e. The Balaban J connectivity index is 2.68. The Labute approximate surface area is 143 Å². The standard InChI is InChI=1S/C17H25ClN2O3/c1-4-6-10-23-12-13(5-2)14-8-7-9-15(11-14)19-20-16(18)17(21)22-3/h7-9,11,13,19H,4-6,10,12H2,1-3H3. The van der Waals surface area contributed by atoms with Crippen LogP contribution < -0.4 is 5.43 Å². The van der Waals surface area contributed by atoms with Gasteiger partial charge in [0.1, 0.15) is 0 Å². The van der Waals surface area contributed by atoms with Gasteiger partial charge in [-0.15, -0.1) is 0 Å². The summed E-state index contributed by atoms with van der Waals surface area (Å²) >= 11 is 5.70. The maximum absolute atomic E-state index is 11.2. The molecule has 1 aromatic carbocycles. The van der Waals surface area contributed by atoms with Gasteiger partial charge >= 0.3 is 5.97 Å². The summed E-state index contributed by atoms with van der Waals surface area (Å²) in [4.78, 5) is 11.2. The Hall–Kier alpha value is -1.59. The third-order valence-electron chi connectivity index (χ3n) is 3.45. The van der Waals surface area contributed by atoms with E-state index < -0.39 is 5.97 Å². The van der Waals surface area contributed by atoms with Crippen molar-refractivity contribution in [2.24, 2.45) is 5.10 Å². The van der Waals surface area contributed by atoms with Crippen LogP contribution in [0, 0.1) is 0 Å². The van der Waals surface area contributed by atoms with E-state index in [9.17, 15) is 4.79 Å². The molecule has 23 heavy (non-hydrogen) atoms. The quantitative estimate of drug-likeness (QED) is 0.301. The first-order chi connectivity index (χ1) is 11.1. The van der Waals surface area contributed by atoms with Gasteiger partial charge in [-0.05, 0) is 30.5 Å². The molecule has 0 aliphatic carbocycles. The fourth-order valence-corrected chi connectivity index (χ4v) is 2.15. The van der Waals surface area contributed by atoms with Gasteiger partial charge in [0.25, 0.3) is 0 Å². The topological polar surface area (TPSA) is 59.9 Å². The van der Waals surface area contributed by atoms with E-state index in [1.807, 2.05) is 18.2 Å². The molecule has 0 radical (unpaired) electrons. The van der Waals surface area contributed by atoms with Crippen LogP contribution >= 0.6 is 11.6 Å². The van der Waals surface area contributed by atoms with Gasteiger partial charge in [-0.25, -0.2) is 4.79 Å². The summed E-state index contributed by atoms with van der Waals surface area (Å²) in [5.74, 6) is -0.347. The number of rotatable bonds is 10. The predicted octanol–water partition coefficient (Wildman–Crippen LogP) is 4.13. The molecule has 0 saturated carbocycles. The lowest BCUT2D eigenvalue weighted by atomic mass is 9.97. The van der Waals surface area contributed by atoms with Crippen LogP contribution in [-0.2, 0) is 14.3 Å². The Kier molecular flexibility index (Phi) is 9.33. The average molecular weight is 341 g/mol. The zero-order valence-corrected chi connectivity index (χ0v) is 14.7. The van der Waals surface area contributed by atoms with Crippen LogP contribution in [0.1, 0.15) is 44.6 Å². The van der Waals surface area contributed by atoms with E-state index in [1.165, 1.54) is 12.7 Å². The van der Waals surface area contributed by atoms with Crippen LogP contribution in [0.2, 0.25) is 0 Å². The van der Waals surface area contributed by atoms with E-state index in [0.29, 0.717) is 12.5 Å². The molecule has 1 unspecified atom stereocenters. The molecule has 6 heteroatoms. The second-order valence-electron chi connectivity index (χ2n) is 5.17. The summed E-state index contributed by atoms with van der Waals surface area (Å²) in [6, 6.07) is 7.85. The van der Waals surface area contributed by atoms with Crippen molar-refractivity contribution in [1.82, 2.24) is 0 Å². The molecule has 0 fully saturated rings. The Morgan fingerprint density at radius 2 is 2.17 bits per heavy atom. The van der Waals surface area contributed by atoms with Crippen molar-refractivity contribution in [3.8, 4) is 0 Å². The van der Waals surface area contributed by atoms with Crippen molar-refractivity contribution in [3.63, 3.8) is 0 Å². The molecule has 0 amide bonds. The van der Waals surface area contributed by atoms with Gasteiger partial charge in [0.15, 0.2) is 0 Å². The van der Waals surface area contributed by atoms with Crippen molar-refractivity contribution < 1.29 is 14.3 Å². The molecule has 0 saturated heterocycles. The third kappa shape index (κ3) is 7.01. The molecular weight excluding hydrogens is 316 g/mol. The van der Waals surface area contributed by atoms with Gasteiger partial charge in [0.05, 0.1) is 19.4 Å². The van der Waals surface area contributed by atoms with Gasteiger partial charge in [0.2, 0.25) is 5.17 Å². The molecular formula is C17H25ClN2O3. The number of anilines is 1. The highest BCUT2D eigenvalue weighted by atomic mass is 35.5. The number of hydrazone groups is 1. The first-order valence-corrected chi connectivity index (χ1v) is 8.25. The van der Waals surface area contributed by atoms with E-state index in [-0.39, 0.29) is 5.17 Å². The first kappa shape index (κ1) is 19.5. The maximum atomic E-state index is 11.2. The van der Waals surface area contributed by atoms with E-state index in [4.69, 9.17) is 16.3 Å². The summed E-state index contributed by atoms with van der Waals surface area (Å²) in [6.07, 6.45) is 3.20. The molecule has 5 nitrogen and oxygen atoms in total. The fraction of sp³-hybridized carbons (Fsp3) is 0.529. The molecule has 1 rings (SSSR count). The van der Waals surface area contributed by atoms with E-state index in [0.717, 1.165) is 31.6 Å². The molecule has 0 bridgehead atoms. The van der Waals surface area contributed by atoms with Crippen LogP contribution in [0.15, 0.2) is 29.4 Å². The lowest BCUT2D eigenvalue weighted by Gasteiger charge is -2.16. The predicted molar refractivity (Wildman–Crippen MR) is 94.1 cm³/mol. The zero-order chi connectivity index (χ0) is 17.1. The summed E-state index contributed by atoms with van der Waals surface area (Å²) in [7, 11) is 1.26. The van der Waals surface area contributed by atoms with Crippen LogP contribution in [0.3, 0.4) is 0 Å². The molecule has 1 N–H and O–H groups in total. The second kappa shape index (κ2) is 11.0. The third-order valence-corrected chi connectivity index (χ3v) is 3.69. The number of carbonyl (C=O) groups is 1. The molecule has 0 heterocycles. The largest absolute Gasteiger partial charge is 0.464 e. The Morgan fingerprint density at radius 1 is 1.39 bits per heavy atom. The van der Waals surface area contributed by atoms with Crippen LogP contribution in [0.5, 0.6) is 0 Å². The number of benzene rings is 1. The number of carbonyl (C=O) groups excluding carboxylic acids is 1. The van der Waals surface area contributed by atoms with Crippen molar-refractivity contribution in [2.45, 2.75) is 39.0 Å². The zero-order valence-electron chi connectivity index (χ0n) is 14.0. The van der Waals surface area contributed by atoms with Crippen molar-refractivity contribution in [3.05, 3.63) is 29.8 Å². The van der Waals surface area contributed by atoms with Crippen molar-refractivity contribution in [2.75, 3.05) is 25.7 Å². The van der Waals surface area contributed by atoms with Crippen LogP contribution in [0.25, 0.3) is 0 Å². The Morgan fingerprint density at radius 3 is 2.83 bits per heavy atom. The van der Waals surface area contributed by atoms with Crippen molar-refractivity contribution in [1.29, 1.82) is 0 Å². The number of hydrogen-bond donors (Lipinski definition) is 1. The van der Waals surface area contributed by atoms with Gasteiger partial charge in [0, 0.05) is 12.5 Å². The molecule has 1 aromatic rings. The molecule has 0 aliphatic rings. The summed E-state index contributed by atoms with van der Waals surface area (Å²) in [6.45, 7) is 5.78. The summed E-state index contributed by atoms with van der Waals surface area (Å²) < 4.78 is 10.2. The van der Waals surface area contributed by atoms with E-state index in [2.05, 4.69) is 35.2 Å². The van der Waals surface area contributed by atoms with Crippen molar-refractivity contribution >= 4 is 28.4 Å². The number of nitrogens with one attached hydrogen (secondary N) is 1. The number of unbranched alkanes of at least 4 members (excludes halogenated alkanes) is 1. The molecule has 128 valence electrons. The number of hydrogen-bond acceptors (Lipinski definition) is 5. The highest BCUT2D eigenvalue weighted by Gasteiger charge is 2.11. The van der Waals surface area contributed by atoms with E-state index in [1.54, 1.807) is 0 Å². The van der Waals surface area contributed by atoms with Crippen LogP contribution in [0.4, 0.5) is 5.69 Å². The van der Waals surface area contributed by atoms with Gasteiger partial charge in [-0.1, -0.05) is 44.0 Å². The Bertz CT molecular complexity index is 520. The second-order valence-corrected chi connectivity index (χ2v) is 5.52. The number of halogens is 1. The average Bonchev–Trinajstić information content (AvgIpc) is 2.59. The number of nitrogens with zero attached hydrogens (tertiary/aromatic N) is 1. The van der Waals surface area contributed by atoms with Gasteiger partial charge < -0.3 is 9.47 Å². The number of methoxy groups -OCH3 is 1. The maximum Gasteiger partial charge on any atom is 0.370 e.